The van der Waals surface area contributed by atoms with Crippen LogP contribution in [-0.4, -0.2) is 0 Å². The maximum Gasteiger partial charge on any atom is 0.00205 e. The molecular weight excluding hydrogens is 212 g/mol. The minimum absolute atomic E-state index is 0.239. The summed E-state index contributed by atoms with van der Waals surface area (Å²) in [6, 6.07) is 11.2. The standard InChI is InChI=1S/C15H18S/c1-11-9-13(10-16-11)12-5-7-14(8-6-12)15(2,3)4/h5-10H,1-4H3. The molecule has 1 heteroatoms. The molecule has 0 aliphatic rings. The van der Waals surface area contributed by atoms with Crippen molar-refractivity contribution in [1.29, 1.82) is 0 Å². The molecule has 1 aromatic carbocycles. The minimum Gasteiger partial charge on any atom is -0.149 e. The lowest BCUT2D eigenvalue weighted by molar-refractivity contribution is 0.590. The van der Waals surface area contributed by atoms with Crippen LogP contribution < -0.4 is 0 Å². The lowest BCUT2D eigenvalue weighted by Gasteiger charge is -2.19. The van der Waals surface area contributed by atoms with Crippen LogP contribution in [-0.2, 0) is 5.41 Å². The summed E-state index contributed by atoms with van der Waals surface area (Å²) in [5.41, 5.74) is 4.28. The molecule has 0 aliphatic heterocycles. The van der Waals surface area contributed by atoms with Gasteiger partial charge in [0.15, 0.2) is 0 Å². The Morgan fingerprint density at radius 3 is 2.00 bits per heavy atom. The fourth-order valence-corrected chi connectivity index (χ4v) is 2.47. The van der Waals surface area contributed by atoms with Crippen LogP contribution >= 0.6 is 11.3 Å². The smallest absolute Gasteiger partial charge is 0.00205 e. The Morgan fingerprint density at radius 1 is 0.938 bits per heavy atom. The van der Waals surface area contributed by atoms with Gasteiger partial charge in [0.1, 0.15) is 0 Å². The van der Waals surface area contributed by atoms with E-state index < -0.39 is 0 Å². The van der Waals surface area contributed by atoms with Gasteiger partial charge < -0.3 is 0 Å². The van der Waals surface area contributed by atoms with E-state index in [1.807, 2.05) is 11.3 Å². The topological polar surface area (TPSA) is 0 Å². The number of aryl methyl sites for hydroxylation is 1. The molecule has 0 nitrogen and oxygen atoms in total. The lowest BCUT2D eigenvalue weighted by atomic mass is 9.86. The molecular formula is C15H18S. The number of hydrogen-bond donors (Lipinski definition) is 0. The zero-order chi connectivity index (χ0) is 11.8. The molecule has 0 aliphatic carbocycles. The van der Waals surface area contributed by atoms with Crippen LogP contribution in [0.25, 0.3) is 11.1 Å². The SMILES string of the molecule is Cc1cc(-c2ccc(C(C)(C)C)cc2)cs1. The monoisotopic (exact) mass is 230 g/mol. The first kappa shape index (κ1) is 11.4. The average Bonchev–Trinajstić information content (AvgIpc) is 2.64. The van der Waals surface area contributed by atoms with Gasteiger partial charge in [-0.1, -0.05) is 45.0 Å². The highest BCUT2D eigenvalue weighted by atomic mass is 32.1. The Hall–Kier alpha value is -1.08. The predicted molar refractivity (Wildman–Crippen MR) is 73.2 cm³/mol. The molecule has 0 amide bonds. The second-order valence-electron chi connectivity index (χ2n) is 5.27. The van der Waals surface area contributed by atoms with Gasteiger partial charge in [0.25, 0.3) is 0 Å². The largest absolute Gasteiger partial charge is 0.149 e. The van der Waals surface area contributed by atoms with Gasteiger partial charge >= 0.3 is 0 Å². The molecule has 0 N–H and O–H groups in total. The van der Waals surface area contributed by atoms with Crippen molar-refractivity contribution in [3.05, 3.63) is 46.2 Å². The summed E-state index contributed by atoms with van der Waals surface area (Å²) in [6.07, 6.45) is 0. The number of benzene rings is 1. The van der Waals surface area contributed by atoms with Gasteiger partial charge in [-0.25, -0.2) is 0 Å². The van der Waals surface area contributed by atoms with Crippen LogP contribution in [0, 0.1) is 6.92 Å². The Balaban J connectivity index is 2.33. The number of hydrogen-bond acceptors (Lipinski definition) is 1. The normalized spacial score (nSPS) is 11.8. The third kappa shape index (κ3) is 2.35. The first-order chi connectivity index (χ1) is 7.47. The van der Waals surface area contributed by atoms with E-state index in [-0.39, 0.29) is 5.41 Å². The van der Waals surface area contributed by atoms with E-state index in [1.165, 1.54) is 21.6 Å². The first-order valence-electron chi connectivity index (χ1n) is 5.63. The van der Waals surface area contributed by atoms with Crippen molar-refractivity contribution >= 4 is 11.3 Å². The van der Waals surface area contributed by atoms with Crippen molar-refractivity contribution in [3.63, 3.8) is 0 Å². The van der Waals surface area contributed by atoms with Crippen LogP contribution in [0.15, 0.2) is 35.7 Å². The van der Waals surface area contributed by atoms with E-state index in [0.717, 1.165) is 0 Å². The van der Waals surface area contributed by atoms with Gasteiger partial charge in [-0.15, -0.1) is 11.3 Å². The van der Waals surface area contributed by atoms with E-state index in [1.54, 1.807) is 0 Å². The summed E-state index contributed by atoms with van der Waals surface area (Å²) in [5, 5.41) is 2.22. The maximum atomic E-state index is 2.25. The third-order valence-electron chi connectivity index (χ3n) is 2.81. The number of rotatable bonds is 1. The summed E-state index contributed by atoms with van der Waals surface area (Å²) in [7, 11) is 0. The average molecular weight is 230 g/mol. The van der Waals surface area contributed by atoms with Crippen molar-refractivity contribution in [1.82, 2.24) is 0 Å². The molecule has 0 saturated carbocycles. The van der Waals surface area contributed by atoms with Gasteiger partial charge in [0.05, 0.1) is 0 Å². The van der Waals surface area contributed by atoms with Crippen LogP contribution in [0.4, 0.5) is 0 Å². The molecule has 0 radical (unpaired) electrons. The molecule has 0 unspecified atom stereocenters. The Kier molecular flexibility index (Phi) is 2.90. The van der Waals surface area contributed by atoms with Gasteiger partial charge in [0, 0.05) is 4.88 Å². The quantitative estimate of drug-likeness (QED) is 0.645. The van der Waals surface area contributed by atoms with Crippen molar-refractivity contribution < 1.29 is 0 Å². The molecule has 0 fully saturated rings. The van der Waals surface area contributed by atoms with E-state index in [2.05, 4.69) is 63.4 Å². The van der Waals surface area contributed by atoms with Crippen molar-refractivity contribution in [3.8, 4) is 11.1 Å². The number of thiophene rings is 1. The first-order valence-corrected chi connectivity index (χ1v) is 6.51. The fourth-order valence-electron chi connectivity index (χ4n) is 1.76. The lowest BCUT2D eigenvalue weighted by Crippen LogP contribution is -2.10. The highest BCUT2D eigenvalue weighted by molar-refractivity contribution is 7.10. The van der Waals surface area contributed by atoms with Crippen molar-refractivity contribution in [2.24, 2.45) is 0 Å². The van der Waals surface area contributed by atoms with Gasteiger partial charge in [-0.05, 0) is 40.5 Å². The zero-order valence-corrected chi connectivity index (χ0v) is 11.2. The van der Waals surface area contributed by atoms with E-state index in [4.69, 9.17) is 0 Å². The van der Waals surface area contributed by atoms with Gasteiger partial charge in [-0.3, -0.25) is 0 Å². The minimum atomic E-state index is 0.239. The highest BCUT2D eigenvalue weighted by Gasteiger charge is 2.13. The summed E-state index contributed by atoms with van der Waals surface area (Å²) >= 11 is 1.81. The van der Waals surface area contributed by atoms with Crippen LogP contribution in [0.1, 0.15) is 31.2 Å². The molecule has 0 bridgehead atoms. The summed E-state index contributed by atoms with van der Waals surface area (Å²) in [6.45, 7) is 8.89. The van der Waals surface area contributed by atoms with E-state index >= 15 is 0 Å². The summed E-state index contributed by atoms with van der Waals surface area (Å²) in [5.74, 6) is 0. The van der Waals surface area contributed by atoms with Crippen LogP contribution in [0.3, 0.4) is 0 Å². The Morgan fingerprint density at radius 2 is 1.56 bits per heavy atom. The molecule has 2 rings (SSSR count). The Labute approximate surface area is 102 Å². The summed E-state index contributed by atoms with van der Waals surface area (Å²) in [4.78, 5) is 1.37. The molecule has 0 saturated heterocycles. The van der Waals surface area contributed by atoms with Crippen LogP contribution in [0.2, 0.25) is 0 Å². The van der Waals surface area contributed by atoms with E-state index in [9.17, 15) is 0 Å². The highest BCUT2D eigenvalue weighted by Crippen LogP contribution is 2.28. The van der Waals surface area contributed by atoms with Crippen molar-refractivity contribution in [2.75, 3.05) is 0 Å². The van der Waals surface area contributed by atoms with Crippen LogP contribution in [0.5, 0.6) is 0 Å². The third-order valence-corrected chi connectivity index (χ3v) is 3.68. The molecule has 1 aromatic heterocycles. The fraction of sp³-hybridized carbons (Fsp3) is 0.333. The summed E-state index contributed by atoms with van der Waals surface area (Å²) < 4.78 is 0. The Bertz CT molecular complexity index is 469. The predicted octanol–water partition coefficient (Wildman–Crippen LogP) is 5.02. The van der Waals surface area contributed by atoms with Gasteiger partial charge in [0.2, 0.25) is 0 Å². The molecule has 1 heterocycles. The molecule has 84 valence electrons. The molecule has 0 spiro atoms. The van der Waals surface area contributed by atoms with Crippen molar-refractivity contribution in [2.45, 2.75) is 33.1 Å². The second-order valence-corrected chi connectivity index (χ2v) is 6.39. The van der Waals surface area contributed by atoms with E-state index in [0.29, 0.717) is 0 Å². The maximum absolute atomic E-state index is 2.25. The zero-order valence-electron chi connectivity index (χ0n) is 10.4. The molecule has 16 heavy (non-hydrogen) atoms. The second kappa shape index (κ2) is 4.06. The molecule has 2 aromatic rings. The molecule has 0 atom stereocenters. The van der Waals surface area contributed by atoms with Gasteiger partial charge in [-0.2, -0.15) is 0 Å².